The lowest BCUT2D eigenvalue weighted by Crippen LogP contribution is -2.32. The molecular weight excluding hydrogens is 643 g/mol. The number of aromatic nitrogens is 3. The van der Waals surface area contributed by atoms with Crippen LogP contribution in [-0.2, 0) is 5.41 Å². The van der Waals surface area contributed by atoms with Crippen LogP contribution in [-0.4, -0.2) is 15.0 Å². The number of hydrogen-bond acceptors (Lipinski definition) is 5. The number of ether oxygens (including phenoxy) is 1. The fourth-order valence-corrected chi connectivity index (χ4v) is 9.38. The van der Waals surface area contributed by atoms with E-state index in [9.17, 15) is 0 Å². The molecule has 0 atom stereocenters. The highest BCUT2D eigenvalue weighted by Crippen LogP contribution is 2.63. The monoisotopic (exact) mass is 669 g/mol. The zero-order valence-electron chi connectivity index (χ0n) is 27.2. The van der Waals surface area contributed by atoms with Gasteiger partial charge < -0.3 is 4.74 Å². The summed E-state index contributed by atoms with van der Waals surface area (Å²) in [6, 6.07) is 57.6. The van der Waals surface area contributed by atoms with Crippen molar-refractivity contribution in [3.63, 3.8) is 0 Å². The Balaban J connectivity index is 1.19. The molecule has 5 heteroatoms. The van der Waals surface area contributed by atoms with Gasteiger partial charge in [-0.3, -0.25) is 0 Å². The largest absolute Gasteiger partial charge is 0.457 e. The molecule has 0 amide bonds. The molecule has 0 fully saturated rings. The van der Waals surface area contributed by atoms with Gasteiger partial charge in [-0.2, -0.15) is 0 Å². The third-order valence-electron chi connectivity index (χ3n) is 10.4. The van der Waals surface area contributed by atoms with E-state index in [4.69, 9.17) is 19.7 Å². The van der Waals surface area contributed by atoms with Crippen LogP contribution in [0.25, 0.3) is 65.5 Å². The molecule has 238 valence electrons. The minimum absolute atomic E-state index is 0.513. The van der Waals surface area contributed by atoms with Crippen molar-refractivity contribution in [2.24, 2.45) is 0 Å². The van der Waals surface area contributed by atoms with Crippen LogP contribution in [0, 0.1) is 0 Å². The topological polar surface area (TPSA) is 47.9 Å². The second kappa shape index (κ2) is 10.8. The first-order valence-corrected chi connectivity index (χ1v) is 17.9. The molecule has 2 aromatic heterocycles. The van der Waals surface area contributed by atoms with Gasteiger partial charge in [-0.05, 0) is 58.7 Å². The molecule has 3 heterocycles. The Bertz CT molecular complexity index is 2740. The summed E-state index contributed by atoms with van der Waals surface area (Å²) in [6.45, 7) is 0. The maximum absolute atomic E-state index is 6.57. The van der Waals surface area contributed by atoms with Crippen LogP contribution in [0.5, 0.6) is 11.5 Å². The van der Waals surface area contributed by atoms with Crippen LogP contribution in [0.2, 0.25) is 0 Å². The van der Waals surface area contributed by atoms with Crippen LogP contribution >= 0.6 is 11.3 Å². The Kier molecular flexibility index (Phi) is 6.01. The molecule has 7 aromatic carbocycles. The van der Waals surface area contributed by atoms with Crippen molar-refractivity contribution in [1.29, 1.82) is 0 Å². The zero-order valence-corrected chi connectivity index (χ0v) is 28.1. The lowest BCUT2D eigenvalue weighted by atomic mass is 9.66. The summed E-state index contributed by atoms with van der Waals surface area (Å²) in [5.74, 6) is 3.76. The van der Waals surface area contributed by atoms with Gasteiger partial charge in [0.2, 0.25) is 0 Å². The number of nitrogens with zero attached hydrogens (tertiary/aromatic N) is 3. The molecule has 1 spiro atoms. The normalized spacial score (nSPS) is 13.4. The van der Waals surface area contributed by atoms with Gasteiger partial charge in [0.15, 0.2) is 17.5 Å². The van der Waals surface area contributed by atoms with E-state index in [1.165, 1.54) is 53.6 Å². The molecule has 0 unspecified atom stereocenters. The number of benzene rings is 7. The molecule has 0 radical (unpaired) electrons. The minimum atomic E-state index is -0.513. The van der Waals surface area contributed by atoms with Gasteiger partial charge in [-0.15, -0.1) is 11.3 Å². The Morgan fingerprint density at radius 1 is 0.431 bits per heavy atom. The van der Waals surface area contributed by atoms with Gasteiger partial charge in [0.05, 0.1) is 5.41 Å². The fraction of sp³-hybridized carbons (Fsp3) is 0.0217. The van der Waals surface area contributed by atoms with E-state index < -0.39 is 5.41 Å². The van der Waals surface area contributed by atoms with Gasteiger partial charge in [-0.1, -0.05) is 127 Å². The van der Waals surface area contributed by atoms with Crippen molar-refractivity contribution in [1.82, 2.24) is 15.0 Å². The standard InChI is InChI=1S/C46H27N3OS/c1-3-13-28(14-4-1)43-47-44(29-15-5-2-6-16-29)49-45(48-43)30-23-25-39-32(27-30)42-40(51-39)26-24-36-41(42)31-17-7-8-18-33(31)46(36)34-19-9-11-21-37(34)50-38-22-12-10-20-35(38)46/h1-27H. The van der Waals surface area contributed by atoms with Gasteiger partial charge in [0.1, 0.15) is 11.5 Å². The van der Waals surface area contributed by atoms with Crippen molar-refractivity contribution in [3.05, 3.63) is 186 Å². The Labute approximate surface area is 298 Å². The van der Waals surface area contributed by atoms with Crippen LogP contribution in [0.1, 0.15) is 22.3 Å². The summed E-state index contributed by atoms with van der Waals surface area (Å²) >= 11 is 1.83. The first-order chi connectivity index (χ1) is 25.3. The van der Waals surface area contributed by atoms with Crippen molar-refractivity contribution in [3.8, 4) is 56.8 Å². The highest BCUT2D eigenvalue weighted by atomic mass is 32.1. The molecular formula is C46H27N3OS. The molecule has 9 aromatic rings. The first kappa shape index (κ1) is 28.4. The van der Waals surface area contributed by atoms with Gasteiger partial charge in [0.25, 0.3) is 0 Å². The smallest absolute Gasteiger partial charge is 0.164 e. The molecule has 51 heavy (non-hydrogen) atoms. The first-order valence-electron chi connectivity index (χ1n) is 17.1. The third kappa shape index (κ3) is 4.04. The van der Waals surface area contributed by atoms with Crippen LogP contribution in [0.3, 0.4) is 0 Å². The minimum Gasteiger partial charge on any atom is -0.457 e. The number of rotatable bonds is 3. The molecule has 11 rings (SSSR count). The van der Waals surface area contributed by atoms with Crippen LogP contribution in [0.4, 0.5) is 0 Å². The molecule has 4 nitrogen and oxygen atoms in total. The average molecular weight is 670 g/mol. The van der Waals surface area contributed by atoms with E-state index in [2.05, 4.69) is 103 Å². The summed E-state index contributed by atoms with van der Waals surface area (Å²) in [6.07, 6.45) is 0. The van der Waals surface area contributed by atoms with E-state index >= 15 is 0 Å². The lowest BCUT2D eigenvalue weighted by molar-refractivity contribution is 0.436. The second-order valence-corrected chi connectivity index (χ2v) is 14.2. The second-order valence-electron chi connectivity index (χ2n) is 13.1. The summed E-state index contributed by atoms with van der Waals surface area (Å²) in [7, 11) is 0. The fourth-order valence-electron chi connectivity index (χ4n) is 8.29. The van der Waals surface area contributed by atoms with E-state index in [1.807, 2.05) is 72.0 Å². The van der Waals surface area contributed by atoms with Gasteiger partial charge in [-0.25, -0.2) is 15.0 Å². The quantitative estimate of drug-likeness (QED) is 0.188. The molecule has 0 bridgehead atoms. The number of fused-ring (bicyclic) bond motifs is 13. The molecule has 0 N–H and O–H groups in total. The highest BCUT2D eigenvalue weighted by molar-refractivity contribution is 7.26. The summed E-state index contributed by atoms with van der Waals surface area (Å²) in [5.41, 5.74) is 9.79. The maximum Gasteiger partial charge on any atom is 0.164 e. The predicted octanol–water partition coefficient (Wildman–Crippen LogP) is 11.7. The maximum atomic E-state index is 6.57. The number of para-hydroxylation sites is 2. The van der Waals surface area contributed by atoms with Crippen molar-refractivity contribution in [2.75, 3.05) is 0 Å². The van der Waals surface area contributed by atoms with E-state index in [0.717, 1.165) is 28.2 Å². The SMILES string of the molecule is c1ccc(-c2nc(-c3ccccc3)nc(-c3ccc4sc5ccc6c(c5c4c3)-c3ccccc3C63c4ccccc4Oc4ccccc43)n2)cc1. The number of hydrogen-bond donors (Lipinski definition) is 0. The summed E-state index contributed by atoms with van der Waals surface area (Å²) < 4.78 is 9.05. The molecule has 0 saturated heterocycles. The highest BCUT2D eigenvalue weighted by Gasteiger charge is 2.51. The summed E-state index contributed by atoms with van der Waals surface area (Å²) in [4.78, 5) is 15.1. The number of thiophene rings is 1. The lowest BCUT2D eigenvalue weighted by Gasteiger charge is -2.39. The third-order valence-corrected chi connectivity index (χ3v) is 11.5. The molecule has 1 aliphatic heterocycles. The summed E-state index contributed by atoms with van der Waals surface area (Å²) in [5, 5.41) is 2.47. The molecule has 2 aliphatic rings. The predicted molar refractivity (Wildman–Crippen MR) is 206 cm³/mol. The zero-order chi connectivity index (χ0) is 33.5. The van der Waals surface area contributed by atoms with Crippen molar-refractivity contribution < 1.29 is 4.74 Å². The van der Waals surface area contributed by atoms with Crippen LogP contribution in [0.15, 0.2) is 164 Å². The molecule has 0 saturated carbocycles. The van der Waals surface area contributed by atoms with Crippen LogP contribution < -0.4 is 4.74 Å². The Morgan fingerprint density at radius 3 is 1.61 bits per heavy atom. The van der Waals surface area contributed by atoms with E-state index in [-0.39, 0.29) is 0 Å². The van der Waals surface area contributed by atoms with Crippen molar-refractivity contribution in [2.45, 2.75) is 5.41 Å². The van der Waals surface area contributed by atoms with E-state index in [0.29, 0.717) is 17.5 Å². The molecule has 1 aliphatic carbocycles. The Hall–Kier alpha value is -6.43. The Morgan fingerprint density at radius 2 is 0.961 bits per heavy atom. The van der Waals surface area contributed by atoms with Gasteiger partial charge in [0, 0.05) is 48.0 Å². The van der Waals surface area contributed by atoms with Gasteiger partial charge >= 0.3 is 0 Å². The van der Waals surface area contributed by atoms with E-state index in [1.54, 1.807) is 0 Å². The average Bonchev–Trinajstić information content (AvgIpc) is 3.72. The van der Waals surface area contributed by atoms with Crippen molar-refractivity contribution >= 4 is 31.5 Å².